The molecule has 3 nitrogen and oxygen atoms in total. The van der Waals surface area contributed by atoms with E-state index in [1.807, 2.05) is 24.3 Å². The van der Waals surface area contributed by atoms with Gasteiger partial charge in [-0.25, -0.2) is 0 Å². The number of hydrogen-bond acceptors (Lipinski definition) is 3. The summed E-state index contributed by atoms with van der Waals surface area (Å²) in [6.07, 6.45) is 0.819. The summed E-state index contributed by atoms with van der Waals surface area (Å²) >= 11 is 5.83. The average molecular weight is 240 g/mol. The standard InChI is InChI=1S/C12H14ClNO2/c1-16-12(15)10-6-7-14-11(10)8-2-4-9(13)5-3-8/h2-5,10-11,14H,6-7H2,1H3. The van der Waals surface area contributed by atoms with Crippen LogP contribution in [0.15, 0.2) is 24.3 Å². The topological polar surface area (TPSA) is 38.3 Å². The van der Waals surface area contributed by atoms with Crippen LogP contribution in [0, 0.1) is 5.92 Å². The van der Waals surface area contributed by atoms with Crippen LogP contribution in [0.1, 0.15) is 18.0 Å². The van der Waals surface area contributed by atoms with E-state index in [-0.39, 0.29) is 17.9 Å². The lowest BCUT2D eigenvalue weighted by Crippen LogP contribution is -2.24. The molecular weight excluding hydrogens is 226 g/mol. The lowest BCUT2D eigenvalue weighted by atomic mass is 9.94. The number of ether oxygens (including phenoxy) is 1. The number of hydrogen-bond donors (Lipinski definition) is 1. The van der Waals surface area contributed by atoms with Crippen LogP contribution in [-0.4, -0.2) is 19.6 Å². The molecule has 16 heavy (non-hydrogen) atoms. The van der Waals surface area contributed by atoms with Gasteiger partial charge >= 0.3 is 5.97 Å². The maximum Gasteiger partial charge on any atom is 0.310 e. The number of benzene rings is 1. The number of carbonyl (C=O) groups excluding carboxylic acids is 1. The second kappa shape index (κ2) is 4.85. The molecule has 0 aliphatic carbocycles. The number of rotatable bonds is 2. The van der Waals surface area contributed by atoms with E-state index >= 15 is 0 Å². The van der Waals surface area contributed by atoms with Gasteiger partial charge in [0.2, 0.25) is 0 Å². The molecular formula is C12H14ClNO2. The van der Waals surface area contributed by atoms with Crippen molar-refractivity contribution in [1.82, 2.24) is 5.32 Å². The summed E-state index contributed by atoms with van der Waals surface area (Å²) < 4.78 is 4.80. The molecule has 1 saturated heterocycles. The number of carbonyl (C=O) groups is 1. The first kappa shape index (κ1) is 11.4. The number of halogens is 1. The first-order valence-electron chi connectivity index (χ1n) is 5.29. The fourth-order valence-electron chi connectivity index (χ4n) is 2.13. The van der Waals surface area contributed by atoms with Gasteiger partial charge in [-0.3, -0.25) is 4.79 Å². The van der Waals surface area contributed by atoms with Crippen LogP contribution < -0.4 is 5.32 Å². The van der Waals surface area contributed by atoms with Gasteiger partial charge < -0.3 is 10.1 Å². The monoisotopic (exact) mass is 239 g/mol. The molecule has 2 rings (SSSR count). The smallest absolute Gasteiger partial charge is 0.310 e. The van der Waals surface area contributed by atoms with Crippen LogP contribution in [0.3, 0.4) is 0 Å². The van der Waals surface area contributed by atoms with Gasteiger partial charge in [-0.15, -0.1) is 0 Å². The molecule has 1 fully saturated rings. The van der Waals surface area contributed by atoms with Crippen molar-refractivity contribution in [2.24, 2.45) is 5.92 Å². The Morgan fingerprint density at radius 2 is 2.12 bits per heavy atom. The molecule has 4 heteroatoms. The highest BCUT2D eigenvalue weighted by molar-refractivity contribution is 6.30. The normalized spacial score (nSPS) is 24.4. The Bertz CT molecular complexity index is 377. The molecule has 0 bridgehead atoms. The van der Waals surface area contributed by atoms with E-state index < -0.39 is 0 Å². The van der Waals surface area contributed by atoms with Crippen LogP contribution in [-0.2, 0) is 9.53 Å². The van der Waals surface area contributed by atoms with Crippen LogP contribution in [0.25, 0.3) is 0 Å². The zero-order valence-electron chi connectivity index (χ0n) is 9.07. The zero-order valence-corrected chi connectivity index (χ0v) is 9.83. The van der Waals surface area contributed by atoms with Gasteiger partial charge in [0.25, 0.3) is 0 Å². The number of esters is 1. The van der Waals surface area contributed by atoms with E-state index in [1.54, 1.807) is 0 Å². The third-order valence-electron chi connectivity index (χ3n) is 2.96. The molecule has 2 unspecified atom stereocenters. The second-order valence-corrected chi connectivity index (χ2v) is 4.34. The maximum atomic E-state index is 11.6. The molecule has 1 N–H and O–H groups in total. The Balaban J connectivity index is 2.19. The Hall–Kier alpha value is -1.06. The fourth-order valence-corrected chi connectivity index (χ4v) is 2.25. The van der Waals surface area contributed by atoms with Crippen molar-refractivity contribution < 1.29 is 9.53 Å². The molecule has 0 saturated carbocycles. The fraction of sp³-hybridized carbons (Fsp3) is 0.417. The van der Waals surface area contributed by atoms with Gasteiger partial charge in [-0.2, -0.15) is 0 Å². The molecule has 1 heterocycles. The van der Waals surface area contributed by atoms with E-state index in [4.69, 9.17) is 16.3 Å². The Labute approximate surface area is 99.7 Å². The van der Waals surface area contributed by atoms with Crippen molar-refractivity contribution in [2.75, 3.05) is 13.7 Å². The second-order valence-electron chi connectivity index (χ2n) is 3.90. The SMILES string of the molecule is COC(=O)C1CCNC1c1ccc(Cl)cc1. The lowest BCUT2D eigenvalue weighted by molar-refractivity contribution is -0.145. The minimum atomic E-state index is -0.148. The maximum absolute atomic E-state index is 11.6. The van der Waals surface area contributed by atoms with Crippen LogP contribution in [0.2, 0.25) is 5.02 Å². The van der Waals surface area contributed by atoms with E-state index in [0.717, 1.165) is 18.5 Å². The Morgan fingerprint density at radius 3 is 2.75 bits per heavy atom. The summed E-state index contributed by atoms with van der Waals surface area (Å²) in [7, 11) is 1.43. The Morgan fingerprint density at radius 1 is 1.44 bits per heavy atom. The predicted octanol–water partition coefficient (Wildman–Crippen LogP) is 2.16. The van der Waals surface area contributed by atoms with Gasteiger partial charge in [0, 0.05) is 11.1 Å². The van der Waals surface area contributed by atoms with Crippen LogP contribution in [0.4, 0.5) is 0 Å². The van der Waals surface area contributed by atoms with Gasteiger partial charge in [0.15, 0.2) is 0 Å². The summed E-state index contributed by atoms with van der Waals surface area (Å²) in [5.74, 6) is -0.240. The highest BCUT2D eigenvalue weighted by Gasteiger charge is 2.34. The summed E-state index contributed by atoms with van der Waals surface area (Å²) in [5.41, 5.74) is 1.08. The molecule has 1 aliphatic heterocycles. The van der Waals surface area contributed by atoms with Gasteiger partial charge in [-0.05, 0) is 30.7 Å². The first-order valence-corrected chi connectivity index (χ1v) is 5.67. The quantitative estimate of drug-likeness (QED) is 0.804. The molecule has 2 atom stereocenters. The van der Waals surface area contributed by atoms with E-state index in [9.17, 15) is 4.79 Å². The third kappa shape index (κ3) is 2.20. The minimum absolute atomic E-state index is 0.0460. The summed E-state index contributed by atoms with van der Waals surface area (Å²) in [4.78, 5) is 11.6. The first-order chi connectivity index (χ1) is 7.72. The van der Waals surface area contributed by atoms with E-state index in [2.05, 4.69) is 5.32 Å². The summed E-state index contributed by atoms with van der Waals surface area (Å²) in [6.45, 7) is 0.840. The van der Waals surface area contributed by atoms with Gasteiger partial charge in [-0.1, -0.05) is 23.7 Å². The van der Waals surface area contributed by atoms with Crippen molar-refractivity contribution in [3.05, 3.63) is 34.9 Å². The predicted molar refractivity (Wildman–Crippen MR) is 62.3 cm³/mol. The van der Waals surface area contributed by atoms with Crippen molar-refractivity contribution in [3.8, 4) is 0 Å². The minimum Gasteiger partial charge on any atom is -0.469 e. The van der Waals surface area contributed by atoms with Gasteiger partial charge in [0.05, 0.1) is 13.0 Å². The molecule has 0 amide bonds. The molecule has 0 spiro atoms. The van der Waals surface area contributed by atoms with Crippen molar-refractivity contribution in [3.63, 3.8) is 0 Å². The summed E-state index contributed by atoms with van der Waals surface area (Å²) in [5, 5.41) is 4.02. The number of nitrogens with one attached hydrogen (secondary N) is 1. The molecule has 0 radical (unpaired) electrons. The highest BCUT2D eigenvalue weighted by atomic mass is 35.5. The lowest BCUT2D eigenvalue weighted by Gasteiger charge is -2.17. The molecule has 1 aliphatic rings. The largest absolute Gasteiger partial charge is 0.469 e. The average Bonchev–Trinajstić information content (AvgIpc) is 2.78. The molecule has 86 valence electrons. The van der Waals surface area contributed by atoms with Crippen LogP contribution >= 0.6 is 11.6 Å². The molecule has 1 aromatic rings. The zero-order chi connectivity index (χ0) is 11.5. The molecule has 1 aromatic carbocycles. The van der Waals surface area contributed by atoms with Crippen molar-refractivity contribution in [1.29, 1.82) is 0 Å². The van der Waals surface area contributed by atoms with E-state index in [1.165, 1.54) is 7.11 Å². The number of methoxy groups -OCH3 is 1. The van der Waals surface area contributed by atoms with E-state index in [0.29, 0.717) is 5.02 Å². The highest BCUT2D eigenvalue weighted by Crippen LogP contribution is 2.30. The van der Waals surface area contributed by atoms with Crippen molar-refractivity contribution in [2.45, 2.75) is 12.5 Å². The van der Waals surface area contributed by atoms with Crippen LogP contribution in [0.5, 0.6) is 0 Å². The van der Waals surface area contributed by atoms with Crippen molar-refractivity contribution >= 4 is 17.6 Å². The van der Waals surface area contributed by atoms with Gasteiger partial charge in [0.1, 0.15) is 0 Å². The summed E-state index contributed by atoms with van der Waals surface area (Å²) in [6, 6.07) is 7.61. The Kier molecular flexibility index (Phi) is 3.46. The third-order valence-corrected chi connectivity index (χ3v) is 3.21. The molecule has 0 aromatic heterocycles.